The molecule has 1 aromatic rings. The van der Waals surface area contributed by atoms with E-state index in [2.05, 4.69) is 0 Å². The zero-order valence-electron chi connectivity index (χ0n) is 13.3. The second-order valence-corrected chi connectivity index (χ2v) is 8.09. The van der Waals surface area contributed by atoms with Crippen LogP contribution in [0.1, 0.15) is 45.7 Å². The minimum Gasteiger partial charge on any atom is -0.339 e. The van der Waals surface area contributed by atoms with Gasteiger partial charge in [0.05, 0.1) is 10.9 Å². The molecule has 0 saturated carbocycles. The van der Waals surface area contributed by atoms with Crippen molar-refractivity contribution in [2.24, 2.45) is 10.6 Å². The van der Waals surface area contributed by atoms with Crippen LogP contribution in [0.5, 0.6) is 0 Å². The smallest absolute Gasteiger partial charge is 0.238 e. The molecule has 0 aliphatic carbocycles. The molecule has 5 nitrogen and oxygen atoms in total. The van der Waals surface area contributed by atoms with Crippen LogP contribution >= 0.6 is 0 Å². The summed E-state index contributed by atoms with van der Waals surface area (Å²) in [7, 11) is -1.93. The van der Waals surface area contributed by atoms with Crippen LogP contribution in [0, 0.1) is 5.41 Å². The molecule has 1 atom stereocenters. The Morgan fingerprint density at radius 2 is 1.71 bits per heavy atom. The van der Waals surface area contributed by atoms with E-state index in [1.807, 2.05) is 27.7 Å². The van der Waals surface area contributed by atoms with Gasteiger partial charge < -0.3 is 4.90 Å². The van der Waals surface area contributed by atoms with Gasteiger partial charge in [0.2, 0.25) is 15.9 Å². The van der Waals surface area contributed by atoms with Crippen LogP contribution in [-0.4, -0.2) is 26.3 Å². The summed E-state index contributed by atoms with van der Waals surface area (Å²) >= 11 is 0. The van der Waals surface area contributed by atoms with Crippen molar-refractivity contribution in [1.82, 2.24) is 4.90 Å². The summed E-state index contributed by atoms with van der Waals surface area (Å²) < 4.78 is 22.5. The van der Waals surface area contributed by atoms with E-state index in [0.717, 1.165) is 5.56 Å². The first-order valence-electron chi connectivity index (χ1n) is 6.80. The molecule has 118 valence electrons. The molecule has 1 rings (SSSR count). The standard InChI is InChI=1S/C15H24N2O3S/c1-11(17(5)14(18)10-15(2,3)4)12-6-8-13(9-7-12)21(16,19)20/h6-9,11H,10H2,1-5H3,(H2,16,19,20). The van der Waals surface area contributed by atoms with Gasteiger partial charge in [0.25, 0.3) is 0 Å². The second-order valence-electron chi connectivity index (χ2n) is 6.53. The third-order valence-corrected chi connectivity index (χ3v) is 4.28. The molecule has 1 aromatic carbocycles. The number of benzene rings is 1. The fourth-order valence-corrected chi connectivity index (χ4v) is 2.47. The molecule has 0 aliphatic rings. The first kappa shape index (κ1) is 17.7. The summed E-state index contributed by atoms with van der Waals surface area (Å²) in [5.41, 5.74) is 0.801. The highest BCUT2D eigenvalue weighted by Gasteiger charge is 2.23. The third kappa shape index (κ3) is 5.13. The summed E-state index contributed by atoms with van der Waals surface area (Å²) in [6, 6.07) is 6.16. The quantitative estimate of drug-likeness (QED) is 0.926. The van der Waals surface area contributed by atoms with Crippen molar-refractivity contribution >= 4 is 15.9 Å². The number of nitrogens with zero attached hydrogens (tertiary/aromatic N) is 1. The Hall–Kier alpha value is -1.40. The highest BCUT2D eigenvalue weighted by atomic mass is 32.2. The van der Waals surface area contributed by atoms with Gasteiger partial charge in [-0.15, -0.1) is 0 Å². The van der Waals surface area contributed by atoms with Gasteiger partial charge in [-0.1, -0.05) is 32.9 Å². The zero-order chi connectivity index (χ0) is 16.4. The number of nitrogens with two attached hydrogens (primary N) is 1. The number of hydrogen-bond acceptors (Lipinski definition) is 3. The number of amides is 1. The topological polar surface area (TPSA) is 80.5 Å². The number of carbonyl (C=O) groups is 1. The van der Waals surface area contributed by atoms with Gasteiger partial charge in [0.1, 0.15) is 0 Å². The number of rotatable bonds is 4. The monoisotopic (exact) mass is 312 g/mol. The van der Waals surface area contributed by atoms with Gasteiger partial charge in [-0.3, -0.25) is 4.79 Å². The molecule has 6 heteroatoms. The van der Waals surface area contributed by atoms with Crippen LogP contribution in [0.3, 0.4) is 0 Å². The van der Waals surface area contributed by atoms with Crippen LogP contribution < -0.4 is 5.14 Å². The Labute approximate surface area is 127 Å². The lowest BCUT2D eigenvalue weighted by molar-refractivity contribution is -0.133. The summed E-state index contributed by atoms with van der Waals surface area (Å²) in [4.78, 5) is 14.0. The maximum Gasteiger partial charge on any atom is 0.238 e. The molecule has 21 heavy (non-hydrogen) atoms. The lowest BCUT2D eigenvalue weighted by Crippen LogP contribution is -2.32. The van der Waals surface area contributed by atoms with Gasteiger partial charge in [-0.2, -0.15) is 0 Å². The summed E-state index contributed by atoms with van der Waals surface area (Å²) in [6.45, 7) is 7.96. The van der Waals surface area contributed by atoms with E-state index in [1.165, 1.54) is 12.1 Å². The number of hydrogen-bond donors (Lipinski definition) is 1. The second kappa shape index (κ2) is 6.15. The van der Waals surface area contributed by atoms with Crippen molar-refractivity contribution in [2.45, 2.75) is 45.1 Å². The molecule has 0 aromatic heterocycles. The molecule has 0 spiro atoms. The van der Waals surface area contributed by atoms with Crippen molar-refractivity contribution < 1.29 is 13.2 Å². The molecule has 1 unspecified atom stereocenters. The Balaban J connectivity index is 2.88. The van der Waals surface area contributed by atoms with Gasteiger partial charge in [-0.05, 0) is 30.0 Å². The summed E-state index contributed by atoms with van der Waals surface area (Å²) in [5.74, 6) is 0.0607. The van der Waals surface area contributed by atoms with Gasteiger partial charge in [0, 0.05) is 13.5 Å². The van der Waals surface area contributed by atoms with E-state index in [4.69, 9.17) is 5.14 Å². The summed E-state index contributed by atoms with van der Waals surface area (Å²) in [6.07, 6.45) is 0.461. The predicted octanol–water partition coefficient (Wildman–Crippen LogP) is 2.29. The molecule has 0 bridgehead atoms. The Morgan fingerprint density at radius 3 is 2.10 bits per heavy atom. The Morgan fingerprint density at radius 1 is 1.24 bits per heavy atom. The highest BCUT2D eigenvalue weighted by Crippen LogP contribution is 2.25. The average Bonchev–Trinajstić information content (AvgIpc) is 2.34. The molecular formula is C15H24N2O3S. The largest absolute Gasteiger partial charge is 0.339 e. The first-order chi connectivity index (χ1) is 9.42. The lowest BCUT2D eigenvalue weighted by atomic mass is 9.91. The van der Waals surface area contributed by atoms with Gasteiger partial charge >= 0.3 is 0 Å². The van der Waals surface area contributed by atoms with Crippen molar-refractivity contribution in [3.05, 3.63) is 29.8 Å². The van der Waals surface area contributed by atoms with Crippen LogP contribution in [-0.2, 0) is 14.8 Å². The molecule has 1 amide bonds. The molecular weight excluding hydrogens is 288 g/mol. The van der Waals surface area contributed by atoms with Crippen molar-refractivity contribution in [2.75, 3.05) is 7.05 Å². The molecule has 0 heterocycles. The molecule has 0 saturated heterocycles. The van der Waals surface area contributed by atoms with E-state index >= 15 is 0 Å². The van der Waals surface area contributed by atoms with Crippen molar-refractivity contribution in [3.63, 3.8) is 0 Å². The minimum absolute atomic E-state index is 0.0607. The van der Waals surface area contributed by atoms with Crippen molar-refractivity contribution in [3.8, 4) is 0 Å². The first-order valence-corrected chi connectivity index (χ1v) is 8.35. The number of sulfonamides is 1. The van der Waals surface area contributed by atoms with E-state index in [9.17, 15) is 13.2 Å². The van der Waals surface area contributed by atoms with E-state index in [1.54, 1.807) is 24.1 Å². The number of carbonyl (C=O) groups excluding carboxylic acids is 1. The maximum absolute atomic E-state index is 12.2. The highest BCUT2D eigenvalue weighted by molar-refractivity contribution is 7.89. The van der Waals surface area contributed by atoms with Crippen LogP contribution in [0.15, 0.2) is 29.2 Å². The average molecular weight is 312 g/mol. The van der Waals surface area contributed by atoms with Crippen LogP contribution in [0.25, 0.3) is 0 Å². The fraction of sp³-hybridized carbons (Fsp3) is 0.533. The maximum atomic E-state index is 12.2. The third-order valence-electron chi connectivity index (χ3n) is 3.35. The van der Waals surface area contributed by atoms with Gasteiger partial charge in [0.15, 0.2) is 0 Å². The lowest BCUT2D eigenvalue weighted by Gasteiger charge is -2.28. The van der Waals surface area contributed by atoms with Crippen LogP contribution in [0.4, 0.5) is 0 Å². The van der Waals surface area contributed by atoms with Gasteiger partial charge in [-0.25, -0.2) is 13.6 Å². The SMILES string of the molecule is CC(c1ccc(S(N)(=O)=O)cc1)N(C)C(=O)CC(C)(C)C. The molecule has 0 aliphatic heterocycles. The molecule has 0 fully saturated rings. The van der Waals surface area contributed by atoms with E-state index in [0.29, 0.717) is 6.42 Å². The van der Waals surface area contributed by atoms with Crippen molar-refractivity contribution in [1.29, 1.82) is 0 Å². The zero-order valence-corrected chi connectivity index (χ0v) is 14.1. The predicted molar refractivity (Wildman–Crippen MR) is 83.1 cm³/mol. The fourth-order valence-electron chi connectivity index (χ4n) is 1.95. The normalized spacial score (nSPS) is 13.8. The summed E-state index contributed by atoms with van der Waals surface area (Å²) in [5, 5.41) is 5.07. The van der Waals surface area contributed by atoms with E-state index in [-0.39, 0.29) is 22.3 Å². The van der Waals surface area contributed by atoms with Crippen LogP contribution in [0.2, 0.25) is 0 Å². The minimum atomic E-state index is -3.69. The molecule has 2 N–H and O–H groups in total. The number of primary sulfonamides is 1. The molecule has 0 radical (unpaired) electrons. The Bertz CT molecular complexity index is 601. The Kier molecular flexibility index (Phi) is 5.17. The van der Waals surface area contributed by atoms with E-state index < -0.39 is 10.0 Å².